The van der Waals surface area contributed by atoms with E-state index in [1.165, 1.54) is 6.20 Å². The lowest BCUT2D eigenvalue weighted by Gasteiger charge is -2.08. The normalized spacial score (nSPS) is 11.1. The molecule has 2 heterocycles. The molecule has 0 bridgehead atoms. The fraction of sp³-hybridized carbons (Fsp3) is 0.0500. The van der Waals surface area contributed by atoms with Crippen LogP contribution in [0.3, 0.4) is 0 Å². The van der Waals surface area contributed by atoms with E-state index in [4.69, 9.17) is 10.2 Å². The Morgan fingerprint density at radius 2 is 1.79 bits per heavy atom. The predicted molar refractivity (Wildman–Crippen MR) is 92.7 cm³/mol. The van der Waals surface area contributed by atoms with Gasteiger partial charge >= 0.3 is 0 Å². The van der Waals surface area contributed by atoms with Gasteiger partial charge in [-0.2, -0.15) is 0 Å². The molecule has 0 spiro atoms. The summed E-state index contributed by atoms with van der Waals surface area (Å²) >= 11 is 0. The van der Waals surface area contributed by atoms with Gasteiger partial charge < -0.3 is 10.2 Å². The molecule has 0 saturated carbocycles. The first-order chi connectivity index (χ1) is 11.8. The number of hydrogen-bond donors (Lipinski definition) is 1. The van der Waals surface area contributed by atoms with Gasteiger partial charge in [0.1, 0.15) is 17.2 Å². The Bertz CT molecular complexity index is 1010. The van der Waals surface area contributed by atoms with E-state index in [0.29, 0.717) is 29.0 Å². The zero-order chi connectivity index (χ0) is 16.5. The smallest absolute Gasteiger partial charge is 0.149 e. The molecule has 24 heavy (non-hydrogen) atoms. The van der Waals surface area contributed by atoms with Gasteiger partial charge in [-0.25, -0.2) is 4.39 Å². The fourth-order valence-corrected chi connectivity index (χ4v) is 2.90. The zero-order valence-electron chi connectivity index (χ0n) is 12.9. The molecule has 0 aliphatic rings. The minimum atomic E-state index is -0.380. The lowest BCUT2D eigenvalue weighted by Crippen LogP contribution is -1.92. The molecule has 118 valence electrons. The summed E-state index contributed by atoms with van der Waals surface area (Å²) in [5.74, 6) is 0.292. The van der Waals surface area contributed by atoms with Crippen LogP contribution in [0.25, 0.3) is 33.2 Å². The van der Waals surface area contributed by atoms with Gasteiger partial charge in [0, 0.05) is 22.7 Å². The van der Waals surface area contributed by atoms with Crippen LogP contribution in [0.15, 0.2) is 71.4 Å². The molecule has 4 rings (SSSR count). The van der Waals surface area contributed by atoms with Crippen molar-refractivity contribution in [3.05, 3.63) is 78.6 Å². The maximum atomic E-state index is 14.3. The number of nitrogens with zero attached hydrogens (tertiary/aromatic N) is 1. The van der Waals surface area contributed by atoms with E-state index >= 15 is 0 Å². The number of aromatic nitrogens is 1. The van der Waals surface area contributed by atoms with Gasteiger partial charge in [0.25, 0.3) is 0 Å². The van der Waals surface area contributed by atoms with E-state index in [1.807, 2.05) is 48.5 Å². The van der Waals surface area contributed by atoms with Crippen molar-refractivity contribution < 1.29 is 8.81 Å². The molecule has 0 aliphatic carbocycles. The summed E-state index contributed by atoms with van der Waals surface area (Å²) in [6.45, 7) is 0.299. The highest BCUT2D eigenvalue weighted by atomic mass is 19.1. The highest BCUT2D eigenvalue weighted by Crippen LogP contribution is 2.36. The Labute approximate surface area is 138 Å². The van der Waals surface area contributed by atoms with E-state index in [-0.39, 0.29) is 5.82 Å². The molecule has 3 nitrogen and oxygen atoms in total. The molecule has 0 aliphatic heterocycles. The van der Waals surface area contributed by atoms with Crippen molar-refractivity contribution in [2.24, 2.45) is 5.73 Å². The molecule has 4 heteroatoms. The highest BCUT2D eigenvalue weighted by molar-refractivity contribution is 5.97. The largest absolute Gasteiger partial charge is 0.459 e. The molecular weight excluding hydrogens is 303 g/mol. The number of pyridine rings is 1. The third-order valence-corrected chi connectivity index (χ3v) is 4.04. The topological polar surface area (TPSA) is 52.0 Å². The number of furan rings is 1. The highest BCUT2D eigenvalue weighted by Gasteiger charge is 2.15. The number of fused-ring (bicyclic) bond motifs is 1. The Kier molecular flexibility index (Phi) is 3.59. The predicted octanol–water partition coefficient (Wildman–Crippen LogP) is 4.76. The zero-order valence-corrected chi connectivity index (χ0v) is 12.9. The van der Waals surface area contributed by atoms with Crippen LogP contribution in [0.5, 0.6) is 0 Å². The summed E-state index contributed by atoms with van der Waals surface area (Å²) in [4.78, 5) is 3.83. The molecular formula is C20H15FN2O. The Hall–Kier alpha value is -2.98. The quantitative estimate of drug-likeness (QED) is 0.592. The van der Waals surface area contributed by atoms with Crippen molar-refractivity contribution in [1.82, 2.24) is 4.98 Å². The summed E-state index contributed by atoms with van der Waals surface area (Å²) in [6, 6.07) is 17.5. The van der Waals surface area contributed by atoms with Gasteiger partial charge in [0.05, 0.1) is 12.7 Å². The van der Waals surface area contributed by atoms with Gasteiger partial charge in [-0.1, -0.05) is 30.3 Å². The molecule has 2 aromatic carbocycles. The van der Waals surface area contributed by atoms with Crippen molar-refractivity contribution in [3.63, 3.8) is 0 Å². The van der Waals surface area contributed by atoms with Crippen molar-refractivity contribution >= 4 is 11.0 Å². The molecule has 0 saturated heterocycles. The van der Waals surface area contributed by atoms with Crippen LogP contribution in [0, 0.1) is 5.82 Å². The van der Waals surface area contributed by atoms with Crippen LogP contribution in [0.4, 0.5) is 4.39 Å². The minimum Gasteiger partial charge on any atom is -0.459 e. The lowest BCUT2D eigenvalue weighted by molar-refractivity contribution is 0.552. The van der Waals surface area contributed by atoms with E-state index < -0.39 is 0 Å². The summed E-state index contributed by atoms with van der Waals surface area (Å²) in [5, 5.41) is 0.906. The van der Waals surface area contributed by atoms with Gasteiger partial charge in [-0.3, -0.25) is 4.98 Å². The van der Waals surface area contributed by atoms with Crippen LogP contribution in [0.2, 0.25) is 0 Å². The van der Waals surface area contributed by atoms with Gasteiger partial charge in [0.2, 0.25) is 0 Å². The van der Waals surface area contributed by atoms with E-state index in [2.05, 4.69) is 4.98 Å². The summed E-state index contributed by atoms with van der Waals surface area (Å²) in [5.41, 5.74) is 9.57. The maximum Gasteiger partial charge on any atom is 0.149 e. The van der Waals surface area contributed by atoms with E-state index in [0.717, 1.165) is 16.5 Å². The van der Waals surface area contributed by atoms with Crippen LogP contribution >= 0.6 is 0 Å². The molecule has 0 atom stereocenters. The second kappa shape index (κ2) is 5.91. The van der Waals surface area contributed by atoms with Crippen molar-refractivity contribution in [2.75, 3.05) is 0 Å². The maximum absolute atomic E-state index is 14.3. The lowest BCUT2D eigenvalue weighted by atomic mass is 9.97. The van der Waals surface area contributed by atoms with Crippen LogP contribution in [-0.4, -0.2) is 4.98 Å². The summed E-state index contributed by atoms with van der Waals surface area (Å²) in [7, 11) is 0. The average molecular weight is 318 g/mol. The molecule has 2 aromatic heterocycles. The average Bonchev–Trinajstić information content (AvgIpc) is 3.05. The first-order valence-corrected chi connectivity index (χ1v) is 7.68. The fourth-order valence-electron chi connectivity index (χ4n) is 2.90. The second-order valence-electron chi connectivity index (χ2n) is 5.58. The number of rotatable bonds is 3. The molecule has 0 fully saturated rings. The first-order valence-electron chi connectivity index (χ1n) is 7.68. The van der Waals surface area contributed by atoms with Crippen LogP contribution in [-0.2, 0) is 6.54 Å². The van der Waals surface area contributed by atoms with Gasteiger partial charge in [-0.05, 0) is 35.4 Å². The number of halogens is 1. The van der Waals surface area contributed by atoms with E-state index in [1.54, 1.807) is 12.3 Å². The number of benzene rings is 2. The molecule has 2 N–H and O–H groups in total. The Morgan fingerprint density at radius 1 is 0.958 bits per heavy atom. The Balaban J connectivity index is 2.03. The van der Waals surface area contributed by atoms with Crippen molar-refractivity contribution in [2.45, 2.75) is 6.54 Å². The third kappa shape index (κ3) is 2.47. The van der Waals surface area contributed by atoms with Gasteiger partial charge in [-0.15, -0.1) is 0 Å². The Morgan fingerprint density at radius 3 is 2.54 bits per heavy atom. The standard InChI is InChI=1S/C20H15FN2O/c21-19-12-23-7-6-17(19)18-10-14(13-4-2-1-3-5-13)8-15-9-16(11-22)24-20(15)18/h1-10,12H,11,22H2. The molecule has 0 amide bonds. The first kappa shape index (κ1) is 14.6. The van der Waals surface area contributed by atoms with Crippen LogP contribution in [0.1, 0.15) is 5.76 Å². The van der Waals surface area contributed by atoms with E-state index in [9.17, 15) is 4.39 Å². The monoisotopic (exact) mass is 318 g/mol. The van der Waals surface area contributed by atoms with Crippen LogP contribution < -0.4 is 5.73 Å². The SMILES string of the molecule is NCc1cc2cc(-c3ccccc3)cc(-c3ccncc3F)c2o1. The third-order valence-electron chi connectivity index (χ3n) is 4.04. The van der Waals surface area contributed by atoms with Crippen molar-refractivity contribution in [1.29, 1.82) is 0 Å². The molecule has 0 radical (unpaired) electrons. The summed E-state index contributed by atoms with van der Waals surface area (Å²) < 4.78 is 20.1. The number of nitrogens with two attached hydrogens (primary N) is 1. The molecule has 4 aromatic rings. The van der Waals surface area contributed by atoms with Crippen molar-refractivity contribution in [3.8, 4) is 22.3 Å². The second-order valence-corrected chi connectivity index (χ2v) is 5.58. The van der Waals surface area contributed by atoms with Gasteiger partial charge in [0.15, 0.2) is 0 Å². The summed E-state index contributed by atoms with van der Waals surface area (Å²) in [6.07, 6.45) is 2.79. The minimum absolute atomic E-state index is 0.299. The number of hydrogen-bond acceptors (Lipinski definition) is 3. The molecule has 0 unspecified atom stereocenters.